The molecule has 0 bridgehead atoms. The fourth-order valence-electron chi connectivity index (χ4n) is 2.97. The number of hydrogen-bond donors (Lipinski definition) is 4. The van der Waals surface area contributed by atoms with Crippen molar-refractivity contribution in [3.8, 4) is 0 Å². The van der Waals surface area contributed by atoms with Gasteiger partial charge in [0.1, 0.15) is 0 Å². The molecule has 0 aromatic carbocycles. The van der Waals surface area contributed by atoms with Crippen molar-refractivity contribution >= 4 is 11.9 Å². The van der Waals surface area contributed by atoms with Crippen LogP contribution in [0.3, 0.4) is 0 Å². The molecular weight excluding hydrogens is 330 g/mol. The molecule has 1 saturated heterocycles. The minimum atomic E-state index is -0.725. The third kappa shape index (κ3) is 8.36. The molecule has 0 saturated carbocycles. The topological polar surface area (TPSA) is 89.0 Å². The predicted octanol–water partition coefficient (Wildman–Crippen LogP) is 1.08. The van der Waals surface area contributed by atoms with Gasteiger partial charge in [-0.05, 0) is 39.0 Å². The Kier molecular flexibility index (Phi) is 10.6. The maximum Gasteiger partial charge on any atom is 0.234 e. The molecule has 1 aliphatic heterocycles. The van der Waals surface area contributed by atoms with E-state index in [0.717, 1.165) is 51.4 Å². The SMILES string of the molecule is CCCNC(=O)CN1CCC(NC(=NCC(O)(CC)CC)NCC)CC1. The molecule has 1 fully saturated rings. The highest BCUT2D eigenvalue weighted by Crippen LogP contribution is 2.15. The van der Waals surface area contributed by atoms with E-state index in [0.29, 0.717) is 32.0 Å². The Balaban J connectivity index is 2.45. The van der Waals surface area contributed by atoms with E-state index in [4.69, 9.17) is 0 Å². The largest absolute Gasteiger partial charge is 0.388 e. The van der Waals surface area contributed by atoms with Gasteiger partial charge in [0.15, 0.2) is 5.96 Å². The fraction of sp³-hybridized carbons (Fsp3) is 0.895. The van der Waals surface area contributed by atoms with Crippen LogP contribution in [0.1, 0.15) is 59.8 Å². The lowest BCUT2D eigenvalue weighted by atomic mass is 9.98. The van der Waals surface area contributed by atoms with E-state index < -0.39 is 5.60 Å². The smallest absolute Gasteiger partial charge is 0.234 e. The van der Waals surface area contributed by atoms with Crippen LogP contribution < -0.4 is 16.0 Å². The molecule has 4 N–H and O–H groups in total. The average molecular weight is 370 g/mol. The summed E-state index contributed by atoms with van der Waals surface area (Å²) in [6, 6.07) is 0.346. The molecule has 26 heavy (non-hydrogen) atoms. The average Bonchev–Trinajstić information content (AvgIpc) is 2.66. The van der Waals surface area contributed by atoms with Crippen molar-refractivity contribution in [1.29, 1.82) is 0 Å². The van der Waals surface area contributed by atoms with Gasteiger partial charge in [0.2, 0.25) is 5.91 Å². The standard InChI is InChI=1S/C19H39N5O2/c1-5-11-21-17(25)14-24-12-9-16(10-13-24)23-18(20-8-4)22-15-19(26,6-2)7-3/h16,26H,5-15H2,1-4H3,(H,21,25)(H2,20,22,23). The van der Waals surface area contributed by atoms with Gasteiger partial charge in [-0.25, -0.2) is 0 Å². The lowest BCUT2D eigenvalue weighted by molar-refractivity contribution is -0.122. The number of likely N-dealkylation sites (tertiary alicyclic amines) is 1. The van der Waals surface area contributed by atoms with Gasteiger partial charge in [-0.3, -0.25) is 14.7 Å². The first-order valence-corrected chi connectivity index (χ1v) is 10.2. The lowest BCUT2D eigenvalue weighted by Gasteiger charge is -2.33. The van der Waals surface area contributed by atoms with Gasteiger partial charge in [-0.15, -0.1) is 0 Å². The van der Waals surface area contributed by atoms with Gasteiger partial charge in [0.25, 0.3) is 0 Å². The van der Waals surface area contributed by atoms with Crippen molar-refractivity contribution in [2.24, 2.45) is 4.99 Å². The first kappa shape index (κ1) is 22.7. The second-order valence-corrected chi connectivity index (χ2v) is 7.17. The molecule has 0 unspecified atom stereocenters. The van der Waals surface area contributed by atoms with Crippen molar-refractivity contribution in [3.05, 3.63) is 0 Å². The predicted molar refractivity (Wildman–Crippen MR) is 107 cm³/mol. The summed E-state index contributed by atoms with van der Waals surface area (Å²) in [5.41, 5.74) is -0.725. The molecule has 0 aliphatic carbocycles. The zero-order valence-electron chi connectivity index (χ0n) is 17.1. The van der Waals surface area contributed by atoms with Gasteiger partial charge in [0.05, 0.1) is 18.7 Å². The zero-order chi connectivity index (χ0) is 19.4. The number of piperidine rings is 1. The summed E-state index contributed by atoms with van der Waals surface area (Å²) in [6.45, 7) is 12.3. The Morgan fingerprint density at radius 1 is 1.15 bits per heavy atom. The highest BCUT2D eigenvalue weighted by molar-refractivity contribution is 5.80. The van der Waals surface area contributed by atoms with Crippen LogP contribution in [-0.2, 0) is 4.79 Å². The third-order valence-electron chi connectivity index (χ3n) is 5.06. The molecule has 7 heteroatoms. The highest BCUT2D eigenvalue weighted by atomic mass is 16.3. The van der Waals surface area contributed by atoms with E-state index in [1.54, 1.807) is 0 Å². The Labute approximate surface area is 159 Å². The summed E-state index contributed by atoms with van der Waals surface area (Å²) in [4.78, 5) is 18.6. The molecular formula is C19H39N5O2. The second-order valence-electron chi connectivity index (χ2n) is 7.17. The molecule has 1 heterocycles. The number of carbonyl (C=O) groups is 1. The normalized spacial score (nSPS) is 17.2. The maximum atomic E-state index is 11.8. The first-order valence-electron chi connectivity index (χ1n) is 10.2. The third-order valence-corrected chi connectivity index (χ3v) is 5.06. The van der Waals surface area contributed by atoms with E-state index in [1.807, 2.05) is 20.8 Å². The number of nitrogens with one attached hydrogen (secondary N) is 3. The molecule has 152 valence electrons. The monoisotopic (exact) mass is 369 g/mol. The van der Waals surface area contributed by atoms with Gasteiger partial charge >= 0.3 is 0 Å². The van der Waals surface area contributed by atoms with Crippen LogP contribution in [0.2, 0.25) is 0 Å². The number of amides is 1. The molecule has 0 radical (unpaired) electrons. The fourth-order valence-corrected chi connectivity index (χ4v) is 2.97. The minimum Gasteiger partial charge on any atom is -0.388 e. The van der Waals surface area contributed by atoms with Crippen LogP contribution in [0.15, 0.2) is 4.99 Å². The number of carbonyl (C=O) groups excluding carboxylic acids is 1. The van der Waals surface area contributed by atoms with E-state index >= 15 is 0 Å². The first-order chi connectivity index (χ1) is 12.5. The van der Waals surface area contributed by atoms with Gasteiger partial charge in [0, 0.05) is 32.2 Å². The van der Waals surface area contributed by atoms with Gasteiger partial charge in [-0.2, -0.15) is 0 Å². The van der Waals surface area contributed by atoms with Crippen molar-refractivity contribution in [1.82, 2.24) is 20.9 Å². The van der Waals surface area contributed by atoms with E-state index in [9.17, 15) is 9.90 Å². The molecule has 7 nitrogen and oxygen atoms in total. The summed E-state index contributed by atoms with van der Waals surface area (Å²) in [5.74, 6) is 0.888. The van der Waals surface area contributed by atoms with Crippen LogP contribution in [-0.4, -0.2) is 72.8 Å². The molecule has 0 atom stereocenters. The van der Waals surface area contributed by atoms with Crippen molar-refractivity contribution in [3.63, 3.8) is 0 Å². The minimum absolute atomic E-state index is 0.117. The van der Waals surface area contributed by atoms with Crippen LogP contribution in [0, 0.1) is 0 Å². The van der Waals surface area contributed by atoms with Crippen molar-refractivity contribution in [2.75, 3.05) is 39.3 Å². The number of guanidine groups is 1. The summed E-state index contributed by atoms with van der Waals surface area (Å²) in [5, 5.41) is 20.1. The summed E-state index contributed by atoms with van der Waals surface area (Å²) < 4.78 is 0. The maximum absolute atomic E-state index is 11.8. The lowest BCUT2D eigenvalue weighted by Crippen LogP contribution is -2.50. The van der Waals surface area contributed by atoms with Crippen LogP contribution >= 0.6 is 0 Å². The Morgan fingerprint density at radius 3 is 2.35 bits per heavy atom. The Morgan fingerprint density at radius 2 is 1.81 bits per heavy atom. The number of aliphatic hydroxyl groups is 1. The molecule has 0 spiro atoms. The molecule has 1 amide bonds. The molecule has 0 aromatic heterocycles. The Bertz CT molecular complexity index is 430. The van der Waals surface area contributed by atoms with Crippen LogP contribution in [0.5, 0.6) is 0 Å². The van der Waals surface area contributed by atoms with Gasteiger partial charge < -0.3 is 21.1 Å². The van der Waals surface area contributed by atoms with E-state index in [1.165, 1.54) is 0 Å². The zero-order valence-corrected chi connectivity index (χ0v) is 17.1. The highest BCUT2D eigenvalue weighted by Gasteiger charge is 2.24. The summed E-state index contributed by atoms with van der Waals surface area (Å²) in [7, 11) is 0. The van der Waals surface area contributed by atoms with Crippen LogP contribution in [0.4, 0.5) is 0 Å². The molecule has 1 aliphatic rings. The number of hydrogen-bond acceptors (Lipinski definition) is 4. The quantitative estimate of drug-likeness (QED) is 0.342. The number of aliphatic imine (C=N–C) groups is 1. The molecule has 0 aromatic rings. The summed E-state index contributed by atoms with van der Waals surface area (Å²) >= 11 is 0. The molecule has 1 rings (SSSR count). The van der Waals surface area contributed by atoms with Crippen molar-refractivity contribution < 1.29 is 9.90 Å². The number of nitrogens with zero attached hydrogens (tertiary/aromatic N) is 2. The van der Waals surface area contributed by atoms with E-state index in [-0.39, 0.29) is 5.91 Å². The second kappa shape index (κ2) is 12.1. The Hall–Kier alpha value is -1.34. The summed E-state index contributed by atoms with van der Waals surface area (Å²) in [6.07, 6.45) is 4.33. The number of rotatable bonds is 10. The van der Waals surface area contributed by atoms with Crippen LogP contribution in [0.25, 0.3) is 0 Å². The van der Waals surface area contributed by atoms with E-state index in [2.05, 4.69) is 32.8 Å². The van der Waals surface area contributed by atoms with Gasteiger partial charge in [-0.1, -0.05) is 20.8 Å². The van der Waals surface area contributed by atoms with Crippen molar-refractivity contribution in [2.45, 2.75) is 71.4 Å².